The molecule has 0 radical (unpaired) electrons. The minimum atomic E-state index is -0.722. The van der Waals surface area contributed by atoms with Gasteiger partial charge in [0.25, 0.3) is 0 Å². The zero-order chi connectivity index (χ0) is 9.68. The molecule has 0 aromatic carbocycles. The summed E-state index contributed by atoms with van der Waals surface area (Å²) in [6.45, 7) is 0. The fourth-order valence-corrected chi connectivity index (χ4v) is 2.97. The molecule has 1 saturated heterocycles. The number of hydrogen-bond donors (Lipinski definition) is 2. The van der Waals surface area contributed by atoms with E-state index in [0.29, 0.717) is 11.1 Å². The maximum atomic E-state index is 10.6. The van der Waals surface area contributed by atoms with Crippen LogP contribution in [0.1, 0.15) is 12.8 Å². The number of nitrogens with one attached hydrogen (secondary N) is 1. The highest BCUT2D eigenvalue weighted by Crippen LogP contribution is 2.22. The van der Waals surface area contributed by atoms with Gasteiger partial charge in [0.2, 0.25) is 0 Å². The molecule has 3 nitrogen and oxygen atoms in total. The molecule has 5 heteroatoms. The van der Waals surface area contributed by atoms with Crippen LogP contribution in [0, 0.1) is 0 Å². The van der Waals surface area contributed by atoms with Crippen LogP contribution in [-0.4, -0.2) is 40.3 Å². The molecule has 0 aliphatic carbocycles. The highest BCUT2D eigenvalue weighted by Gasteiger charge is 2.28. The van der Waals surface area contributed by atoms with Gasteiger partial charge < -0.3 is 5.11 Å². The van der Waals surface area contributed by atoms with Gasteiger partial charge >= 0.3 is 5.97 Å². The number of carbonyl (C=O) groups is 1. The zero-order valence-corrected chi connectivity index (χ0v) is 9.29. The van der Waals surface area contributed by atoms with Crippen LogP contribution in [0.2, 0.25) is 0 Å². The Bertz CT molecular complexity index is 178. The van der Waals surface area contributed by atoms with Gasteiger partial charge in [0.1, 0.15) is 6.04 Å². The lowest BCUT2D eigenvalue weighted by Gasteiger charge is -2.09. The number of aliphatic carboxylic acids is 1. The average molecular weight is 221 g/mol. The normalized spacial score (nSPS) is 27.8. The molecule has 0 aromatic heterocycles. The summed E-state index contributed by atoms with van der Waals surface area (Å²) in [5.74, 6) is 1.15. The zero-order valence-electron chi connectivity index (χ0n) is 7.66. The Kier molecular flexibility index (Phi) is 4.98. The summed E-state index contributed by atoms with van der Waals surface area (Å²) >= 11 is 3.57. The predicted molar refractivity (Wildman–Crippen MR) is 58.4 cm³/mol. The van der Waals surface area contributed by atoms with Crippen LogP contribution < -0.4 is 5.32 Å². The van der Waals surface area contributed by atoms with Crippen LogP contribution in [0.25, 0.3) is 0 Å². The molecule has 0 bridgehead atoms. The molecule has 1 aliphatic rings. The molecular weight excluding hydrogens is 206 g/mol. The molecule has 0 spiro atoms. The first-order chi connectivity index (χ1) is 6.24. The molecule has 1 fully saturated rings. The largest absolute Gasteiger partial charge is 0.480 e. The van der Waals surface area contributed by atoms with Crippen molar-refractivity contribution in [2.75, 3.05) is 17.8 Å². The van der Waals surface area contributed by atoms with Crippen molar-refractivity contribution in [3.8, 4) is 0 Å². The first-order valence-corrected chi connectivity index (χ1v) is 6.77. The Balaban J connectivity index is 2.14. The molecule has 13 heavy (non-hydrogen) atoms. The summed E-state index contributed by atoms with van der Waals surface area (Å²) in [5.41, 5.74) is 0. The topological polar surface area (TPSA) is 49.3 Å². The molecule has 0 aromatic rings. The van der Waals surface area contributed by atoms with Crippen molar-refractivity contribution >= 4 is 29.5 Å². The Morgan fingerprint density at radius 1 is 1.77 bits per heavy atom. The molecule has 2 N–H and O–H groups in total. The first kappa shape index (κ1) is 11.2. The van der Waals surface area contributed by atoms with E-state index in [-0.39, 0.29) is 6.04 Å². The van der Waals surface area contributed by atoms with Gasteiger partial charge in [0.05, 0.1) is 5.37 Å². The summed E-state index contributed by atoms with van der Waals surface area (Å²) in [7, 11) is 0. The Hall–Kier alpha value is 0.130. The molecule has 1 rings (SSSR count). The number of thioether (sulfide) groups is 2. The minimum Gasteiger partial charge on any atom is -0.480 e. The van der Waals surface area contributed by atoms with Gasteiger partial charge in [-0.3, -0.25) is 10.1 Å². The van der Waals surface area contributed by atoms with Gasteiger partial charge in [-0.25, -0.2) is 0 Å². The third kappa shape index (κ3) is 3.79. The van der Waals surface area contributed by atoms with Gasteiger partial charge in [0.15, 0.2) is 0 Å². The standard InChI is InChI=1S/C8H15NO2S2/c1-12-4-2-3-7-9-6(5-13-7)8(10)11/h6-7,9H,2-5H2,1H3,(H,10,11). The summed E-state index contributed by atoms with van der Waals surface area (Å²) in [5, 5.41) is 12.2. The van der Waals surface area contributed by atoms with Crippen molar-refractivity contribution in [2.24, 2.45) is 0 Å². The molecule has 2 unspecified atom stereocenters. The smallest absolute Gasteiger partial charge is 0.321 e. The Labute approximate surface area is 87.0 Å². The molecule has 1 aliphatic heterocycles. The molecule has 2 atom stereocenters. The van der Waals surface area contributed by atoms with E-state index in [9.17, 15) is 4.79 Å². The number of carboxylic acid groups (broad SMARTS) is 1. The van der Waals surface area contributed by atoms with E-state index in [2.05, 4.69) is 11.6 Å². The molecule has 0 amide bonds. The third-order valence-electron chi connectivity index (χ3n) is 1.96. The summed E-state index contributed by atoms with van der Waals surface area (Å²) < 4.78 is 0. The fraction of sp³-hybridized carbons (Fsp3) is 0.875. The van der Waals surface area contributed by atoms with E-state index in [0.717, 1.165) is 18.6 Å². The lowest BCUT2D eigenvalue weighted by molar-refractivity contribution is -0.138. The second kappa shape index (κ2) is 5.78. The third-order valence-corrected chi connectivity index (χ3v) is 3.96. The maximum Gasteiger partial charge on any atom is 0.321 e. The lowest BCUT2D eigenvalue weighted by atomic mass is 10.3. The highest BCUT2D eigenvalue weighted by molar-refractivity contribution is 8.00. The van der Waals surface area contributed by atoms with Crippen LogP contribution >= 0.6 is 23.5 Å². The van der Waals surface area contributed by atoms with Gasteiger partial charge in [-0.15, -0.1) is 11.8 Å². The van der Waals surface area contributed by atoms with E-state index < -0.39 is 5.97 Å². The molecule has 0 saturated carbocycles. The van der Waals surface area contributed by atoms with Gasteiger partial charge in [-0.05, 0) is 24.9 Å². The van der Waals surface area contributed by atoms with Gasteiger partial charge in [0, 0.05) is 5.75 Å². The van der Waals surface area contributed by atoms with Crippen molar-refractivity contribution < 1.29 is 9.90 Å². The maximum absolute atomic E-state index is 10.6. The summed E-state index contributed by atoms with van der Waals surface area (Å²) in [4.78, 5) is 10.6. The monoisotopic (exact) mass is 221 g/mol. The van der Waals surface area contributed by atoms with Crippen LogP contribution in [-0.2, 0) is 4.79 Å². The van der Waals surface area contributed by atoms with Gasteiger partial charge in [-0.2, -0.15) is 11.8 Å². The van der Waals surface area contributed by atoms with Crippen molar-refractivity contribution in [1.29, 1.82) is 0 Å². The van der Waals surface area contributed by atoms with E-state index in [1.54, 1.807) is 11.8 Å². The quantitative estimate of drug-likeness (QED) is 0.684. The van der Waals surface area contributed by atoms with Crippen molar-refractivity contribution in [3.63, 3.8) is 0 Å². The lowest BCUT2D eigenvalue weighted by Crippen LogP contribution is -2.36. The van der Waals surface area contributed by atoms with Crippen LogP contribution in [0.3, 0.4) is 0 Å². The second-order valence-electron chi connectivity index (χ2n) is 3.01. The molecule has 76 valence electrons. The van der Waals surface area contributed by atoms with E-state index in [4.69, 9.17) is 5.11 Å². The van der Waals surface area contributed by atoms with Crippen LogP contribution in [0.15, 0.2) is 0 Å². The summed E-state index contributed by atoms with van der Waals surface area (Å²) in [6.07, 6.45) is 4.34. The number of hydrogen-bond acceptors (Lipinski definition) is 4. The van der Waals surface area contributed by atoms with Crippen molar-refractivity contribution in [3.05, 3.63) is 0 Å². The summed E-state index contributed by atoms with van der Waals surface area (Å²) in [6, 6.07) is -0.329. The van der Waals surface area contributed by atoms with E-state index in [1.165, 1.54) is 0 Å². The van der Waals surface area contributed by atoms with Crippen molar-refractivity contribution in [2.45, 2.75) is 24.3 Å². The SMILES string of the molecule is CSCCCC1NC(C(=O)O)CS1. The van der Waals surface area contributed by atoms with Crippen LogP contribution in [0.5, 0.6) is 0 Å². The predicted octanol–water partition coefficient (Wildman–Crippen LogP) is 1.25. The minimum absolute atomic E-state index is 0.329. The molecular formula is C8H15NO2S2. The van der Waals surface area contributed by atoms with Gasteiger partial charge in [-0.1, -0.05) is 0 Å². The fourth-order valence-electron chi connectivity index (χ4n) is 1.26. The van der Waals surface area contributed by atoms with Crippen molar-refractivity contribution in [1.82, 2.24) is 5.32 Å². The second-order valence-corrected chi connectivity index (χ2v) is 5.24. The first-order valence-electron chi connectivity index (χ1n) is 4.33. The Morgan fingerprint density at radius 3 is 3.08 bits per heavy atom. The number of rotatable bonds is 5. The van der Waals surface area contributed by atoms with E-state index in [1.807, 2.05) is 11.8 Å². The molecule has 1 heterocycles. The van der Waals surface area contributed by atoms with Crippen LogP contribution in [0.4, 0.5) is 0 Å². The average Bonchev–Trinajstić information content (AvgIpc) is 2.53. The highest BCUT2D eigenvalue weighted by atomic mass is 32.2. The Morgan fingerprint density at radius 2 is 2.54 bits per heavy atom. The van der Waals surface area contributed by atoms with E-state index >= 15 is 0 Å². The number of carboxylic acids is 1.